The van der Waals surface area contributed by atoms with E-state index in [1.165, 1.54) is 6.07 Å². The average molecular weight is 368 g/mol. The number of nitrogens with one attached hydrogen (secondary N) is 2. The molecule has 106 valence electrons. The van der Waals surface area contributed by atoms with Gasteiger partial charge in [0, 0.05) is 17.1 Å². The Morgan fingerprint density at radius 3 is 2.84 bits per heavy atom. The number of sulfonamides is 1. The van der Waals surface area contributed by atoms with Crippen molar-refractivity contribution in [1.29, 1.82) is 0 Å². The quantitative estimate of drug-likeness (QED) is 0.860. The zero-order chi connectivity index (χ0) is 13.9. The molecule has 19 heavy (non-hydrogen) atoms. The van der Waals surface area contributed by atoms with Crippen LogP contribution in [-0.2, 0) is 10.0 Å². The third-order valence-corrected chi connectivity index (χ3v) is 5.52. The van der Waals surface area contributed by atoms with Gasteiger partial charge in [-0.05, 0) is 37.6 Å². The molecule has 0 spiro atoms. The van der Waals surface area contributed by atoms with Crippen LogP contribution in [-0.4, -0.2) is 27.5 Å². The summed E-state index contributed by atoms with van der Waals surface area (Å²) in [6.07, 6.45) is 3.29. The monoisotopic (exact) mass is 366 g/mol. The minimum Gasteiger partial charge on any atom is -0.313 e. The second-order valence-corrected chi connectivity index (χ2v) is 7.63. The summed E-state index contributed by atoms with van der Waals surface area (Å²) >= 11 is 9.23. The van der Waals surface area contributed by atoms with Crippen molar-refractivity contribution < 1.29 is 8.42 Å². The van der Waals surface area contributed by atoms with Crippen molar-refractivity contribution in [3.8, 4) is 0 Å². The highest BCUT2D eigenvalue weighted by molar-refractivity contribution is 9.10. The maximum atomic E-state index is 12.2. The molecule has 1 atom stereocenters. The summed E-state index contributed by atoms with van der Waals surface area (Å²) in [5, 5.41) is 3.52. The molecular formula is C12H16BrClN2O2S. The second-order valence-electron chi connectivity index (χ2n) is 4.57. The third-order valence-electron chi connectivity index (χ3n) is 3.12. The first kappa shape index (κ1) is 15.3. The fourth-order valence-corrected chi connectivity index (χ4v) is 4.20. The van der Waals surface area contributed by atoms with Crippen LogP contribution in [0.5, 0.6) is 0 Å². The smallest absolute Gasteiger partial charge is 0.242 e. The molecule has 0 amide bonds. The van der Waals surface area contributed by atoms with Crippen molar-refractivity contribution in [2.75, 3.05) is 13.1 Å². The van der Waals surface area contributed by atoms with E-state index in [2.05, 4.69) is 26.0 Å². The zero-order valence-electron chi connectivity index (χ0n) is 10.3. The first-order valence-corrected chi connectivity index (χ1v) is 8.82. The summed E-state index contributed by atoms with van der Waals surface area (Å²) in [7, 11) is -3.55. The van der Waals surface area contributed by atoms with E-state index in [-0.39, 0.29) is 16.0 Å². The summed E-state index contributed by atoms with van der Waals surface area (Å²) in [6.45, 7) is 1.35. The average Bonchev–Trinajstić information content (AvgIpc) is 2.37. The van der Waals surface area contributed by atoms with E-state index in [1.54, 1.807) is 12.1 Å². The minimum absolute atomic E-state index is 0.119. The number of piperidine rings is 1. The van der Waals surface area contributed by atoms with Gasteiger partial charge in [0.1, 0.15) is 4.90 Å². The Morgan fingerprint density at radius 2 is 2.21 bits per heavy atom. The maximum Gasteiger partial charge on any atom is 0.242 e. The van der Waals surface area contributed by atoms with Crippen LogP contribution in [0.2, 0.25) is 5.02 Å². The standard InChI is InChI=1S/C12H16BrClN2O2S/c13-9-4-5-12(11(14)7-9)19(17,18)16-8-10-3-1-2-6-15-10/h4-5,7,10,15-16H,1-3,6,8H2. The van der Waals surface area contributed by atoms with Gasteiger partial charge in [0.05, 0.1) is 5.02 Å². The van der Waals surface area contributed by atoms with Gasteiger partial charge < -0.3 is 5.32 Å². The van der Waals surface area contributed by atoms with Gasteiger partial charge in [-0.25, -0.2) is 13.1 Å². The summed E-state index contributed by atoms with van der Waals surface area (Å²) in [5.41, 5.74) is 0. The predicted molar refractivity (Wildman–Crippen MR) is 80.0 cm³/mol. The number of hydrogen-bond acceptors (Lipinski definition) is 3. The molecule has 2 rings (SSSR count). The van der Waals surface area contributed by atoms with Gasteiger partial charge in [-0.2, -0.15) is 0 Å². The van der Waals surface area contributed by atoms with Gasteiger partial charge in [0.2, 0.25) is 10.0 Å². The summed E-state index contributed by atoms with van der Waals surface area (Å²) < 4.78 is 27.7. The molecule has 0 aromatic heterocycles. The molecule has 0 saturated carbocycles. The SMILES string of the molecule is O=S(=O)(NCC1CCCCN1)c1ccc(Br)cc1Cl. The van der Waals surface area contributed by atoms with Crippen molar-refractivity contribution in [2.45, 2.75) is 30.2 Å². The van der Waals surface area contributed by atoms with Gasteiger partial charge in [-0.3, -0.25) is 0 Å². The van der Waals surface area contributed by atoms with E-state index < -0.39 is 10.0 Å². The van der Waals surface area contributed by atoms with Gasteiger partial charge in [0.25, 0.3) is 0 Å². The molecular weight excluding hydrogens is 352 g/mol. The van der Waals surface area contributed by atoms with E-state index in [1.807, 2.05) is 0 Å². The first-order chi connectivity index (χ1) is 8.99. The largest absolute Gasteiger partial charge is 0.313 e. The van der Waals surface area contributed by atoms with Crippen molar-refractivity contribution in [2.24, 2.45) is 0 Å². The van der Waals surface area contributed by atoms with Gasteiger partial charge in [0.15, 0.2) is 0 Å². The molecule has 0 radical (unpaired) electrons. The number of halogens is 2. The van der Waals surface area contributed by atoms with Gasteiger partial charge >= 0.3 is 0 Å². The molecule has 1 aliphatic rings. The highest BCUT2D eigenvalue weighted by Crippen LogP contribution is 2.25. The Morgan fingerprint density at radius 1 is 1.42 bits per heavy atom. The normalized spacial score (nSPS) is 20.4. The van der Waals surface area contributed by atoms with Crippen molar-refractivity contribution >= 4 is 37.6 Å². The molecule has 1 saturated heterocycles. The highest BCUT2D eigenvalue weighted by Gasteiger charge is 2.20. The van der Waals surface area contributed by atoms with E-state index in [9.17, 15) is 8.42 Å². The predicted octanol–water partition coefficient (Wildman–Crippen LogP) is 2.52. The lowest BCUT2D eigenvalue weighted by atomic mass is 10.1. The molecule has 1 aliphatic heterocycles. The Hall–Kier alpha value is -0.140. The lowest BCUT2D eigenvalue weighted by Crippen LogP contribution is -2.43. The first-order valence-electron chi connectivity index (χ1n) is 6.17. The molecule has 4 nitrogen and oxygen atoms in total. The van der Waals surface area contributed by atoms with E-state index in [4.69, 9.17) is 11.6 Å². The van der Waals surface area contributed by atoms with E-state index in [0.717, 1.165) is 30.3 Å². The minimum atomic E-state index is -3.55. The molecule has 1 aromatic rings. The molecule has 1 heterocycles. The lowest BCUT2D eigenvalue weighted by molar-refractivity contribution is 0.398. The number of benzene rings is 1. The van der Waals surface area contributed by atoms with Gasteiger partial charge in [-0.15, -0.1) is 0 Å². The van der Waals surface area contributed by atoms with Crippen molar-refractivity contribution in [1.82, 2.24) is 10.0 Å². The lowest BCUT2D eigenvalue weighted by Gasteiger charge is -2.23. The van der Waals surface area contributed by atoms with E-state index in [0.29, 0.717) is 6.54 Å². The van der Waals surface area contributed by atoms with Crippen LogP contribution in [0.25, 0.3) is 0 Å². The highest BCUT2D eigenvalue weighted by atomic mass is 79.9. The Labute approximate surface area is 127 Å². The summed E-state index contributed by atoms with van der Waals surface area (Å²) in [6, 6.07) is 4.95. The third kappa shape index (κ3) is 4.16. The van der Waals surface area contributed by atoms with Crippen LogP contribution >= 0.6 is 27.5 Å². The number of hydrogen-bond donors (Lipinski definition) is 2. The fraction of sp³-hybridized carbons (Fsp3) is 0.500. The Bertz CT molecular complexity index is 545. The molecule has 1 unspecified atom stereocenters. The van der Waals surface area contributed by atoms with E-state index >= 15 is 0 Å². The molecule has 1 fully saturated rings. The number of rotatable bonds is 4. The molecule has 1 aromatic carbocycles. The molecule has 0 bridgehead atoms. The van der Waals surface area contributed by atoms with Crippen LogP contribution in [0, 0.1) is 0 Å². The second kappa shape index (κ2) is 6.54. The molecule has 7 heteroatoms. The topological polar surface area (TPSA) is 58.2 Å². The Kier molecular flexibility index (Phi) is 5.25. The van der Waals surface area contributed by atoms with Crippen LogP contribution in [0.15, 0.2) is 27.6 Å². The molecule has 0 aliphatic carbocycles. The summed E-state index contributed by atoms with van der Waals surface area (Å²) in [4.78, 5) is 0.119. The van der Waals surface area contributed by atoms with Crippen LogP contribution in [0.1, 0.15) is 19.3 Å². The van der Waals surface area contributed by atoms with Gasteiger partial charge in [-0.1, -0.05) is 34.0 Å². The summed E-state index contributed by atoms with van der Waals surface area (Å²) in [5.74, 6) is 0. The van der Waals surface area contributed by atoms with Crippen LogP contribution < -0.4 is 10.0 Å². The fourth-order valence-electron chi connectivity index (χ4n) is 2.08. The molecule has 2 N–H and O–H groups in total. The Balaban J connectivity index is 2.05. The van der Waals surface area contributed by atoms with Crippen LogP contribution in [0.4, 0.5) is 0 Å². The van der Waals surface area contributed by atoms with Crippen molar-refractivity contribution in [3.63, 3.8) is 0 Å². The van der Waals surface area contributed by atoms with Crippen LogP contribution in [0.3, 0.4) is 0 Å². The zero-order valence-corrected chi connectivity index (χ0v) is 13.5. The maximum absolute atomic E-state index is 12.2. The van der Waals surface area contributed by atoms with Crippen molar-refractivity contribution in [3.05, 3.63) is 27.7 Å².